The normalized spacial score (nSPS) is 24.2. The molecule has 2 heterocycles. The van der Waals surface area contributed by atoms with Crippen molar-refractivity contribution in [2.75, 3.05) is 6.16 Å². The van der Waals surface area contributed by atoms with Crippen LogP contribution < -0.4 is 26.8 Å². The zero-order valence-electron chi connectivity index (χ0n) is 7.12. The van der Waals surface area contributed by atoms with E-state index in [-0.39, 0.29) is 17.0 Å². The number of aryl methyl sites for hydroxylation is 1. The Morgan fingerprint density at radius 3 is 2.75 bits per heavy atom. The molecule has 0 bridgehead atoms. The van der Waals surface area contributed by atoms with Gasteiger partial charge in [-0.05, 0) is 12.5 Å². The van der Waals surface area contributed by atoms with E-state index in [1.807, 2.05) is 36.5 Å². The lowest BCUT2D eigenvalue weighted by atomic mass is 10.3. The van der Waals surface area contributed by atoms with E-state index < -0.39 is 7.29 Å². The molecule has 1 aliphatic rings. The molecule has 0 saturated heterocycles. The molecule has 66 valence electrons. The molecule has 0 amide bonds. The van der Waals surface area contributed by atoms with Crippen LogP contribution in [-0.4, -0.2) is 6.16 Å². The number of hydrogen-bond acceptors (Lipinski definition) is 1. The van der Waals surface area contributed by atoms with Gasteiger partial charge in [-0.15, -0.1) is 4.34 Å². The molecule has 2 rings (SSSR count). The van der Waals surface area contributed by atoms with E-state index in [1.165, 1.54) is 5.56 Å². The highest BCUT2D eigenvalue weighted by atomic mass is 79.9. The van der Waals surface area contributed by atoms with Gasteiger partial charge in [0.25, 0.3) is 0 Å². The van der Waals surface area contributed by atoms with E-state index >= 15 is 0 Å². The summed E-state index contributed by atoms with van der Waals surface area (Å²) in [6.45, 7) is 4.00. The Bertz CT molecular complexity index is 364. The third kappa shape index (κ3) is 1.16. The zero-order chi connectivity index (χ0) is 8.06. The van der Waals surface area contributed by atoms with Gasteiger partial charge in [0.2, 0.25) is 0 Å². The second-order valence-corrected chi connectivity index (χ2v) is 5.85. The summed E-state index contributed by atoms with van der Waals surface area (Å²) < 4.78 is 13.7. The van der Waals surface area contributed by atoms with E-state index in [9.17, 15) is 4.57 Å². The maximum absolute atomic E-state index is 11.8. The summed E-state index contributed by atoms with van der Waals surface area (Å²) in [7, 11) is -2.00. The summed E-state index contributed by atoms with van der Waals surface area (Å²) in [5.74, 6) is 0. The first-order valence-electron chi connectivity index (χ1n) is 3.81. The molecule has 0 aliphatic carbocycles. The van der Waals surface area contributed by atoms with Crippen LogP contribution in [0.4, 0.5) is 0 Å². The Balaban J connectivity index is 0.000000720. The van der Waals surface area contributed by atoms with Gasteiger partial charge >= 0.3 is 12.7 Å². The van der Waals surface area contributed by atoms with Crippen LogP contribution in [0, 0.1) is 6.92 Å². The molecule has 0 aromatic carbocycles. The van der Waals surface area contributed by atoms with Gasteiger partial charge in [-0.1, -0.05) is 6.92 Å². The van der Waals surface area contributed by atoms with Crippen molar-refractivity contribution in [2.45, 2.75) is 13.8 Å². The summed E-state index contributed by atoms with van der Waals surface area (Å²) in [5.41, 5.74) is 2.24. The third-order valence-corrected chi connectivity index (χ3v) is 4.94. The van der Waals surface area contributed by atoms with E-state index in [1.54, 1.807) is 0 Å². The van der Waals surface area contributed by atoms with Gasteiger partial charge < -0.3 is 17.0 Å². The SMILES string of the molecule is CCP1(=O)c2cc(C)cc[n+]21.[Br-]. The standard InChI is InChI=1S/C8H11NOP.BrH/c1-3-11(10)8-6-7(2)4-5-9(8)11;/h4-6H,3H2,1-2H3;1H/q+1;/p-1. The highest BCUT2D eigenvalue weighted by Crippen LogP contribution is 2.47. The number of rotatable bonds is 1. The van der Waals surface area contributed by atoms with E-state index in [0.717, 1.165) is 11.6 Å². The molecule has 1 aromatic heterocycles. The Morgan fingerprint density at radius 2 is 2.25 bits per heavy atom. The van der Waals surface area contributed by atoms with Gasteiger partial charge in [0, 0.05) is 12.1 Å². The summed E-state index contributed by atoms with van der Waals surface area (Å²) >= 11 is 0. The molecular weight excluding hydrogens is 237 g/mol. The number of nitrogens with zero attached hydrogens (tertiary/aromatic N) is 1. The number of halogens is 1. The molecule has 1 aromatic rings. The predicted octanol–water partition coefficient (Wildman–Crippen LogP) is -1.93. The average molecular weight is 248 g/mol. The summed E-state index contributed by atoms with van der Waals surface area (Å²) in [6, 6.07) is 4.02. The second-order valence-electron chi connectivity index (χ2n) is 2.92. The van der Waals surface area contributed by atoms with Crippen LogP contribution in [0.5, 0.6) is 0 Å². The van der Waals surface area contributed by atoms with Crippen LogP contribution in [0.2, 0.25) is 0 Å². The van der Waals surface area contributed by atoms with E-state index in [4.69, 9.17) is 0 Å². The molecule has 12 heavy (non-hydrogen) atoms. The van der Waals surface area contributed by atoms with Gasteiger partial charge in [0.1, 0.15) is 0 Å². The molecule has 1 unspecified atom stereocenters. The maximum Gasteiger partial charge on any atom is 0.412 e. The first kappa shape index (κ1) is 9.94. The highest BCUT2D eigenvalue weighted by Gasteiger charge is 2.57. The fourth-order valence-electron chi connectivity index (χ4n) is 1.37. The first-order chi connectivity index (χ1) is 5.18. The van der Waals surface area contributed by atoms with Crippen LogP contribution in [0.15, 0.2) is 18.3 Å². The average Bonchev–Trinajstić information content (AvgIpc) is 2.58. The van der Waals surface area contributed by atoms with Crippen molar-refractivity contribution in [3.63, 3.8) is 0 Å². The molecule has 1 aliphatic heterocycles. The van der Waals surface area contributed by atoms with Gasteiger partial charge in [0.05, 0.1) is 6.16 Å². The summed E-state index contributed by atoms with van der Waals surface area (Å²) in [4.78, 5) is 0. The molecule has 0 spiro atoms. The van der Waals surface area contributed by atoms with Gasteiger partial charge in [-0.3, -0.25) is 0 Å². The minimum atomic E-state index is -2.00. The lowest BCUT2D eigenvalue weighted by Gasteiger charge is -1.75. The smallest absolute Gasteiger partial charge is 0.412 e. The van der Waals surface area contributed by atoms with Crippen LogP contribution >= 0.6 is 7.29 Å². The monoisotopic (exact) mass is 247 g/mol. The molecule has 0 radical (unpaired) electrons. The minimum Gasteiger partial charge on any atom is -1.00 e. The van der Waals surface area contributed by atoms with Crippen molar-refractivity contribution < 1.29 is 25.9 Å². The number of fused-ring (bicyclic) bond motifs is 1. The molecule has 0 fully saturated rings. The Morgan fingerprint density at radius 1 is 1.58 bits per heavy atom. The van der Waals surface area contributed by atoms with Crippen LogP contribution in [-0.2, 0) is 4.57 Å². The van der Waals surface area contributed by atoms with Crippen molar-refractivity contribution >= 4 is 12.7 Å². The summed E-state index contributed by atoms with van der Waals surface area (Å²) in [6.07, 6.45) is 2.69. The molecule has 1 atom stereocenters. The highest BCUT2D eigenvalue weighted by molar-refractivity contribution is 7.70. The predicted molar refractivity (Wildman–Crippen MR) is 44.6 cm³/mol. The summed E-state index contributed by atoms with van der Waals surface area (Å²) in [5, 5.41) is 0. The Kier molecular flexibility index (Phi) is 2.46. The Labute approximate surface area is 82.8 Å². The minimum absolute atomic E-state index is 0. The lowest BCUT2D eigenvalue weighted by Crippen LogP contribution is -3.00. The van der Waals surface area contributed by atoms with Crippen LogP contribution in [0.1, 0.15) is 12.5 Å². The second kappa shape index (κ2) is 2.97. The number of aromatic nitrogens is 1. The molecule has 2 nitrogen and oxygen atoms in total. The quantitative estimate of drug-likeness (QED) is 0.530. The molecular formula is C8H11BrNOP. The van der Waals surface area contributed by atoms with Crippen molar-refractivity contribution in [2.24, 2.45) is 0 Å². The molecule has 0 N–H and O–H groups in total. The lowest BCUT2D eigenvalue weighted by molar-refractivity contribution is -0.444. The maximum atomic E-state index is 11.8. The fraction of sp³-hybridized carbons (Fsp3) is 0.375. The van der Waals surface area contributed by atoms with Gasteiger partial charge in [-0.2, -0.15) is 0 Å². The first-order valence-corrected chi connectivity index (χ1v) is 5.66. The van der Waals surface area contributed by atoms with Crippen molar-refractivity contribution in [1.29, 1.82) is 0 Å². The zero-order valence-corrected chi connectivity index (χ0v) is 9.60. The van der Waals surface area contributed by atoms with E-state index in [2.05, 4.69) is 0 Å². The molecule has 0 saturated carbocycles. The van der Waals surface area contributed by atoms with Crippen molar-refractivity contribution in [3.05, 3.63) is 23.9 Å². The van der Waals surface area contributed by atoms with Crippen molar-refractivity contribution in [1.82, 2.24) is 0 Å². The fourth-order valence-corrected chi connectivity index (χ4v) is 3.65. The van der Waals surface area contributed by atoms with Crippen LogP contribution in [0.3, 0.4) is 0 Å². The van der Waals surface area contributed by atoms with E-state index in [0.29, 0.717) is 0 Å². The molecule has 4 heteroatoms. The van der Waals surface area contributed by atoms with Gasteiger partial charge in [0.15, 0.2) is 6.20 Å². The van der Waals surface area contributed by atoms with Gasteiger partial charge in [-0.25, -0.2) is 4.57 Å². The number of pyridine rings is 1. The topological polar surface area (TPSA) is 20.9 Å². The number of hydrogen-bond donors (Lipinski definition) is 0. The van der Waals surface area contributed by atoms with Crippen LogP contribution in [0.25, 0.3) is 0 Å². The van der Waals surface area contributed by atoms with Crippen molar-refractivity contribution in [3.8, 4) is 0 Å². The third-order valence-electron chi connectivity index (χ3n) is 2.17. The largest absolute Gasteiger partial charge is 1.00 e. The Hall–Kier alpha value is -0.140.